The number of carbonyl (C=O) groups is 2. The molecule has 7 heteroatoms. The lowest BCUT2D eigenvalue weighted by molar-refractivity contribution is 0.0588. The molecule has 1 aromatic heterocycles. The summed E-state index contributed by atoms with van der Waals surface area (Å²) in [6.45, 7) is -0.360. The predicted molar refractivity (Wildman–Crippen MR) is 128 cm³/mol. The van der Waals surface area contributed by atoms with Crippen LogP contribution < -0.4 is 5.56 Å². The second kappa shape index (κ2) is 9.23. The van der Waals surface area contributed by atoms with E-state index < -0.39 is 11.5 Å². The van der Waals surface area contributed by atoms with E-state index in [1.54, 1.807) is 18.2 Å². The summed E-state index contributed by atoms with van der Waals surface area (Å²) in [6, 6.07) is 22.5. The van der Waals surface area contributed by atoms with E-state index in [1.807, 2.05) is 36.4 Å². The largest absolute Gasteiger partial charge is 0.464 e. The summed E-state index contributed by atoms with van der Waals surface area (Å²) in [7, 11) is 1.24. The Morgan fingerprint density at radius 1 is 1.00 bits per heavy atom. The number of ether oxygens (including phenoxy) is 1. The highest BCUT2D eigenvalue weighted by atomic mass is 79.9. The molecule has 4 aromatic rings. The van der Waals surface area contributed by atoms with Crippen molar-refractivity contribution in [3.63, 3.8) is 0 Å². The van der Waals surface area contributed by atoms with Crippen molar-refractivity contribution in [1.82, 2.24) is 4.57 Å². The van der Waals surface area contributed by atoms with Crippen molar-refractivity contribution in [2.24, 2.45) is 0 Å². The second-order valence-electron chi connectivity index (χ2n) is 7.27. The zero-order chi connectivity index (χ0) is 23.5. The predicted octanol–water partition coefficient (Wildman–Crippen LogP) is 4.97. The van der Waals surface area contributed by atoms with E-state index in [9.17, 15) is 14.4 Å². The van der Waals surface area contributed by atoms with Gasteiger partial charge in [0, 0.05) is 21.0 Å². The molecule has 1 heterocycles. The first-order valence-corrected chi connectivity index (χ1v) is 10.8. The second-order valence-corrected chi connectivity index (χ2v) is 8.19. The van der Waals surface area contributed by atoms with Crippen LogP contribution in [-0.2, 0) is 11.3 Å². The topological polar surface area (TPSA) is 89.2 Å². The molecular weight excluding hydrogens is 484 g/mol. The number of carbonyl (C=O) groups excluding carboxylic acids is 2. The summed E-state index contributed by atoms with van der Waals surface area (Å²) in [5.74, 6) is -1.09. The third kappa shape index (κ3) is 4.21. The van der Waals surface area contributed by atoms with Crippen molar-refractivity contribution in [1.29, 1.82) is 5.26 Å². The fraction of sp³-hybridized carbons (Fsp3) is 0.0769. The normalized spacial score (nSPS) is 10.6. The number of aromatic nitrogens is 1. The molecule has 0 amide bonds. The zero-order valence-corrected chi connectivity index (χ0v) is 19.1. The molecule has 0 spiro atoms. The minimum atomic E-state index is -0.722. The Morgan fingerprint density at radius 2 is 1.70 bits per heavy atom. The summed E-state index contributed by atoms with van der Waals surface area (Å²) in [6.07, 6.45) is 0. The van der Waals surface area contributed by atoms with E-state index in [0.717, 1.165) is 4.47 Å². The van der Waals surface area contributed by atoms with E-state index in [0.29, 0.717) is 33.0 Å². The Balaban J connectivity index is 2.01. The van der Waals surface area contributed by atoms with Crippen LogP contribution in [0, 0.1) is 11.3 Å². The highest BCUT2D eigenvalue weighted by molar-refractivity contribution is 9.10. The highest BCUT2D eigenvalue weighted by Gasteiger charge is 2.25. The Hall–Kier alpha value is -4.02. The maximum atomic E-state index is 13.5. The number of benzene rings is 3. The Morgan fingerprint density at radius 3 is 2.33 bits per heavy atom. The molecule has 33 heavy (non-hydrogen) atoms. The molecular formula is C26H17BrN2O4. The summed E-state index contributed by atoms with van der Waals surface area (Å²) < 4.78 is 6.95. The fourth-order valence-electron chi connectivity index (χ4n) is 3.74. The number of pyridine rings is 1. The first-order chi connectivity index (χ1) is 15.9. The first kappa shape index (κ1) is 22.2. The number of esters is 1. The van der Waals surface area contributed by atoms with Gasteiger partial charge in [0.05, 0.1) is 25.3 Å². The van der Waals surface area contributed by atoms with Crippen molar-refractivity contribution < 1.29 is 14.3 Å². The van der Waals surface area contributed by atoms with Gasteiger partial charge in [0.2, 0.25) is 0 Å². The van der Waals surface area contributed by atoms with Gasteiger partial charge >= 0.3 is 5.97 Å². The number of nitrogens with zero attached hydrogens (tertiary/aromatic N) is 2. The van der Waals surface area contributed by atoms with Crippen LogP contribution >= 0.6 is 15.9 Å². The first-order valence-electron chi connectivity index (χ1n) is 9.97. The van der Waals surface area contributed by atoms with E-state index in [4.69, 9.17) is 10.00 Å². The molecule has 0 aliphatic heterocycles. The summed E-state index contributed by atoms with van der Waals surface area (Å²) in [5.41, 5.74) is 1.49. The third-order valence-electron chi connectivity index (χ3n) is 5.31. The summed E-state index contributed by atoms with van der Waals surface area (Å²) in [4.78, 5) is 39.5. The molecule has 0 aliphatic carbocycles. The van der Waals surface area contributed by atoms with Gasteiger partial charge in [0.1, 0.15) is 5.69 Å². The van der Waals surface area contributed by atoms with Crippen LogP contribution in [-0.4, -0.2) is 23.4 Å². The number of Topliss-reactive ketones (excluding diaryl/α,β-unsaturated/α-hetero) is 1. The molecule has 0 N–H and O–H groups in total. The average molecular weight is 501 g/mol. The van der Waals surface area contributed by atoms with Crippen molar-refractivity contribution in [2.45, 2.75) is 6.54 Å². The van der Waals surface area contributed by atoms with Crippen molar-refractivity contribution in [3.05, 3.63) is 104 Å². The molecule has 0 saturated carbocycles. The molecule has 0 aliphatic rings. The van der Waals surface area contributed by atoms with Crippen molar-refractivity contribution in [3.8, 4) is 17.2 Å². The number of rotatable bonds is 5. The van der Waals surface area contributed by atoms with Gasteiger partial charge < -0.3 is 4.74 Å². The summed E-state index contributed by atoms with van der Waals surface area (Å²) >= 11 is 3.44. The lowest BCUT2D eigenvalue weighted by Gasteiger charge is -2.18. The molecule has 0 fully saturated rings. The number of nitriles is 1. The molecule has 4 rings (SSSR count). The molecule has 162 valence electrons. The van der Waals surface area contributed by atoms with Gasteiger partial charge in [-0.2, -0.15) is 5.26 Å². The molecule has 0 saturated heterocycles. The Bertz CT molecular complexity index is 1480. The molecule has 0 atom stereocenters. The van der Waals surface area contributed by atoms with Crippen LogP contribution in [0.4, 0.5) is 0 Å². The maximum absolute atomic E-state index is 13.5. The Kier molecular flexibility index (Phi) is 6.20. The zero-order valence-electron chi connectivity index (χ0n) is 17.5. The molecule has 3 aromatic carbocycles. The van der Waals surface area contributed by atoms with Crippen molar-refractivity contribution >= 4 is 38.5 Å². The van der Waals surface area contributed by atoms with E-state index in [2.05, 4.69) is 15.9 Å². The van der Waals surface area contributed by atoms with E-state index in [-0.39, 0.29) is 18.0 Å². The van der Waals surface area contributed by atoms with Crippen LogP contribution in [0.3, 0.4) is 0 Å². The van der Waals surface area contributed by atoms with E-state index in [1.165, 1.54) is 35.9 Å². The summed E-state index contributed by atoms with van der Waals surface area (Å²) in [5, 5.41) is 9.93. The minimum absolute atomic E-state index is 0.00120. The SMILES string of the molecule is COC(=O)c1c(-c2ccccc2)c2cc(Br)ccc2c(=O)n1CC(=O)c1ccc(C#N)cc1. The number of hydrogen-bond donors (Lipinski definition) is 0. The molecule has 0 unspecified atom stereocenters. The van der Waals surface area contributed by atoms with Gasteiger partial charge in [-0.05, 0) is 41.3 Å². The number of halogens is 1. The lowest BCUT2D eigenvalue weighted by Crippen LogP contribution is -2.31. The number of fused-ring (bicyclic) bond motifs is 1. The van der Waals surface area contributed by atoms with E-state index >= 15 is 0 Å². The third-order valence-corrected chi connectivity index (χ3v) is 5.81. The van der Waals surface area contributed by atoms with Gasteiger partial charge in [-0.1, -0.05) is 58.4 Å². The standard InChI is InChI=1S/C26H17BrN2O4/c1-33-26(32)24-23(18-5-3-2-4-6-18)21-13-19(27)11-12-20(21)25(31)29(24)15-22(30)17-9-7-16(14-28)8-10-17/h2-13H,15H2,1H3. The van der Waals surface area contributed by atoms with Crippen LogP contribution in [0.25, 0.3) is 21.9 Å². The highest BCUT2D eigenvalue weighted by Crippen LogP contribution is 2.33. The maximum Gasteiger partial charge on any atom is 0.355 e. The van der Waals surface area contributed by atoms with Gasteiger partial charge in [0.15, 0.2) is 5.78 Å². The Labute approximate surface area is 197 Å². The fourth-order valence-corrected chi connectivity index (χ4v) is 4.10. The number of methoxy groups -OCH3 is 1. The van der Waals surface area contributed by atoms with Crippen LogP contribution in [0.5, 0.6) is 0 Å². The minimum Gasteiger partial charge on any atom is -0.464 e. The van der Waals surface area contributed by atoms with Gasteiger partial charge in [-0.25, -0.2) is 4.79 Å². The molecule has 0 radical (unpaired) electrons. The number of ketones is 1. The number of hydrogen-bond acceptors (Lipinski definition) is 5. The monoisotopic (exact) mass is 500 g/mol. The quantitative estimate of drug-likeness (QED) is 0.285. The van der Waals surface area contributed by atoms with Crippen LogP contribution in [0.2, 0.25) is 0 Å². The average Bonchev–Trinajstić information content (AvgIpc) is 2.85. The lowest BCUT2D eigenvalue weighted by atomic mass is 9.96. The smallest absolute Gasteiger partial charge is 0.355 e. The molecule has 0 bridgehead atoms. The van der Waals surface area contributed by atoms with Gasteiger partial charge in [-0.15, -0.1) is 0 Å². The van der Waals surface area contributed by atoms with Crippen LogP contribution in [0.1, 0.15) is 26.4 Å². The van der Waals surface area contributed by atoms with Crippen LogP contribution in [0.15, 0.2) is 82.1 Å². The van der Waals surface area contributed by atoms with Gasteiger partial charge in [-0.3, -0.25) is 14.2 Å². The molecule has 6 nitrogen and oxygen atoms in total. The van der Waals surface area contributed by atoms with Gasteiger partial charge in [0.25, 0.3) is 5.56 Å². The van der Waals surface area contributed by atoms with Crippen molar-refractivity contribution in [2.75, 3.05) is 7.11 Å².